The summed E-state index contributed by atoms with van der Waals surface area (Å²) in [5.41, 5.74) is 2.20. The molecule has 0 aliphatic heterocycles. The van der Waals surface area contributed by atoms with Crippen LogP contribution in [0, 0.1) is 0 Å². The Balaban J connectivity index is 1.97. The summed E-state index contributed by atoms with van der Waals surface area (Å²) in [7, 11) is -3.65. The van der Waals surface area contributed by atoms with E-state index in [0.717, 1.165) is 35.5 Å². The second kappa shape index (κ2) is 12.3. The Morgan fingerprint density at radius 2 is 1.89 bits per heavy atom. The van der Waals surface area contributed by atoms with Gasteiger partial charge < -0.3 is 4.52 Å². The molecule has 0 radical (unpaired) electrons. The molecular formula is C18H29N3O5S2. The number of nitrogens with one attached hydrogen (secondary N) is 1. The molecule has 0 spiro atoms. The van der Waals surface area contributed by atoms with Crippen LogP contribution >= 0.6 is 11.3 Å². The van der Waals surface area contributed by atoms with Gasteiger partial charge in [0.2, 0.25) is 0 Å². The summed E-state index contributed by atoms with van der Waals surface area (Å²) in [5, 5.41) is 12.4. The van der Waals surface area contributed by atoms with Crippen molar-refractivity contribution in [2.24, 2.45) is 0 Å². The number of sulfonamides is 1. The molecule has 0 aliphatic rings. The van der Waals surface area contributed by atoms with Crippen molar-refractivity contribution in [3.05, 3.63) is 24.5 Å². The van der Waals surface area contributed by atoms with Crippen LogP contribution in [0.4, 0.5) is 0 Å². The minimum atomic E-state index is -3.65. The third-order valence-corrected chi connectivity index (χ3v) is 7.86. The summed E-state index contributed by atoms with van der Waals surface area (Å²) in [6.07, 6.45) is 9.22. The third kappa shape index (κ3) is 6.94. The lowest BCUT2D eigenvalue weighted by molar-refractivity contribution is -0.127. The molecule has 28 heavy (non-hydrogen) atoms. The molecule has 2 aromatic heterocycles. The van der Waals surface area contributed by atoms with Crippen LogP contribution in [-0.4, -0.2) is 42.8 Å². The van der Waals surface area contributed by atoms with Gasteiger partial charge >= 0.3 is 0 Å². The highest BCUT2D eigenvalue weighted by Gasteiger charge is 2.26. The first-order chi connectivity index (χ1) is 13.6. The summed E-state index contributed by atoms with van der Waals surface area (Å²) in [4.78, 5) is 5.44. The zero-order chi connectivity index (χ0) is 20.2. The Hall–Kier alpha value is -1.30. The van der Waals surface area contributed by atoms with Crippen LogP contribution in [0.5, 0.6) is 0 Å². The second-order valence-electron chi connectivity index (χ2n) is 6.47. The molecule has 0 fully saturated rings. The number of thiophene rings is 1. The first-order valence-electron chi connectivity index (χ1n) is 9.61. The van der Waals surface area contributed by atoms with Crippen LogP contribution in [0.15, 0.2) is 33.2 Å². The number of hydrogen-bond donors (Lipinski definition) is 2. The maximum Gasteiger partial charge on any atom is 0.252 e. The van der Waals surface area contributed by atoms with Gasteiger partial charge in [0, 0.05) is 19.2 Å². The van der Waals surface area contributed by atoms with Crippen molar-refractivity contribution in [1.82, 2.24) is 15.1 Å². The van der Waals surface area contributed by atoms with Gasteiger partial charge in [-0.3, -0.25) is 10.0 Å². The quantitative estimate of drug-likeness (QED) is 0.324. The number of unbranched alkanes of at least 4 members (excludes halogenated alkanes) is 6. The topological polar surface area (TPSA) is 105 Å². The molecule has 10 heteroatoms. The normalized spacial score (nSPS) is 12.1. The van der Waals surface area contributed by atoms with Crippen LogP contribution in [0.1, 0.15) is 51.9 Å². The SMILES string of the molecule is CCCCCCCCCN(CCONO)S(=O)(=O)c1ccc(-c2ccon2)s1. The highest BCUT2D eigenvalue weighted by atomic mass is 32.2. The summed E-state index contributed by atoms with van der Waals surface area (Å²) < 4.78 is 32.6. The molecule has 0 atom stereocenters. The van der Waals surface area contributed by atoms with Gasteiger partial charge in [0.15, 0.2) is 0 Å². The standard InChI is InChI=1S/C18H29N3O5S2/c1-2-3-4-5-6-7-8-12-21(13-15-26-20-22)28(23,24)18-10-9-17(27-18)16-11-14-25-19-16/h9-11,14,20,22H,2-8,12-13,15H2,1H3. The number of hydrogen-bond acceptors (Lipinski definition) is 8. The van der Waals surface area contributed by atoms with Gasteiger partial charge in [-0.1, -0.05) is 56.2 Å². The fourth-order valence-corrected chi connectivity index (χ4v) is 5.74. The minimum absolute atomic E-state index is 0.0494. The van der Waals surface area contributed by atoms with Crippen LogP contribution < -0.4 is 5.64 Å². The van der Waals surface area contributed by atoms with E-state index in [0.29, 0.717) is 12.2 Å². The number of rotatable bonds is 15. The van der Waals surface area contributed by atoms with E-state index in [1.165, 1.54) is 36.3 Å². The van der Waals surface area contributed by atoms with Gasteiger partial charge in [0.05, 0.1) is 11.5 Å². The monoisotopic (exact) mass is 431 g/mol. The summed E-state index contributed by atoms with van der Waals surface area (Å²) >= 11 is 1.16. The lowest BCUT2D eigenvalue weighted by Crippen LogP contribution is -2.35. The lowest BCUT2D eigenvalue weighted by atomic mass is 10.1. The molecule has 8 nitrogen and oxygen atoms in total. The molecule has 0 amide bonds. The Morgan fingerprint density at radius 1 is 1.14 bits per heavy atom. The smallest absolute Gasteiger partial charge is 0.252 e. The fraction of sp³-hybridized carbons (Fsp3) is 0.611. The van der Waals surface area contributed by atoms with E-state index in [1.807, 2.05) is 0 Å². The zero-order valence-electron chi connectivity index (χ0n) is 16.2. The minimum Gasteiger partial charge on any atom is -0.364 e. The fourth-order valence-electron chi connectivity index (χ4n) is 2.85. The van der Waals surface area contributed by atoms with Crippen LogP contribution in [0.3, 0.4) is 0 Å². The molecule has 2 rings (SSSR count). The largest absolute Gasteiger partial charge is 0.364 e. The lowest BCUT2D eigenvalue weighted by Gasteiger charge is -2.21. The van der Waals surface area contributed by atoms with Gasteiger partial charge in [-0.15, -0.1) is 11.3 Å². The Kier molecular flexibility index (Phi) is 10.1. The third-order valence-electron chi connectivity index (χ3n) is 4.38. The van der Waals surface area contributed by atoms with Crippen molar-refractivity contribution in [2.45, 2.75) is 56.1 Å². The molecule has 2 heterocycles. The van der Waals surface area contributed by atoms with Crippen LogP contribution in [0.25, 0.3) is 10.6 Å². The number of aromatic nitrogens is 1. The second-order valence-corrected chi connectivity index (χ2v) is 9.72. The van der Waals surface area contributed by atoms with Crippen molar-refractivity contribution in [3.8, 4) is 10.6 Å². The van der Waals surface area contributed by atoms with Crippen molar-refractivity contribution in [3.63, 3.8) is 0 Å². The Bertz CT molecular complexity index is 762. The van der Waals surface area contributed by atoms with Gasteiger partial charge in [-0.05, 0) is 18.6 Å². The van der Waals surface area contributed by atoms with E-state index in [-0.39, 0.29) is 17.4 Å². The van der Waals surface area contributed by atoms with E-state index >= 15 is 0 Å². The van der Waals surface area contributed by atoms with Crippen molar-refractivity contribution >= 4 is 21.4 Å². The Morgan fingerprint density at radius 3 is 2.57 bits per heavy atom. The van der Waals surface area contributed by atoms with Crippen LogP contribution in [-0.2, 0) is 14.9 Å². The van der Waals surface area contributed by atoms with Gasteiger partial charge in [-0.2, -0.15) is 4.31 Å². The average Bonchev–Trinajstić information content (AvgIpc) is 3.37. The van der Waals surface area contributed by atoms with E-state index in [2.05, 4.69) is 12.1 Å². The van der Waals surface area contributed by atoms with Gasteiger partial charge in [0.1, 0.15) is 16.2 Å². The molecule has 0 aliphatic carbocycles. The predicted molar refractivity (Wildman–Crippen MR) is 107 cm³/mol. The Labute approximate surface area is 170 Å². The molecule has 0 unspecified atom stereocenters. The maximum absolute atomic E-state index is 13.1. The average molecular weight is 432 g/mol. The van der Waals surface area contributed by atoms with Crippen molar-refractivity contribution in [1.29, 1.82) is 0 Å². The summed E-state index contributed by atoms with van der Waals surface area (Å²) in [6, 6.07) is 5.01. The molecular weight excluding hydrogens is 402 g/mol. The molecule has 0 saturated carbocycles. The van der Waals surface area contributed by atoms with Crippen molar-refractivity contribution < 1.29 is 23.0 Å². The van der Waals surface area contributed by atoms with Crippen LogP contribution in [0.2, 0.25) is 0 Å². The van der Waals surface area contributed by atoms with E-state index in [4.69, 9.17) is 14.6 Å². The highest BCUT2D eigenvalue weighted by Crippen LogP contribution is 2.31. The molecule has 0 aromatic carbocycles. The van der Waals surface area contributed by atoms with E-state index < -0.39 is 10.0 Å². The summed E-state index contributed by atoms with van der Waals surface area (Å²) in [5.74, 6) is 0. The molecule has 0 saturated heterocycles. The van der Waals surface area contributed by atoms with Crippen molar-refractivity contribution in [2.75, 3.05) is 19.7 Å². The first kappa shape index (κ1) is 23.0. The van der Waals surface area contributed by atoms with Gasteiger partial charge in [-0.25, -0.2) is 8.42 Å². The molecule has 2 aromatic rings. The zero-order valence-corrected chi connectivity index (χ0v) is 17.8. The predicted octanol–water partition coefficient (Wildman–Crippen LogP) is 4.05. The first-order valence-corrected chi connectivity index (χ1v) is 11.9. The van der Waals surface area contributed by atoms with Gasteiger partial charge in [0.25, 0.3) is 10.0 Å². The molecule has 158 valence electrons. The highest BCUT2D eigenvalue weighted by molar-refractivity contribution is 7.91. The molecule has 2 N–H and O–H groups in total. The summed E-state index contributed by atoms with van der Waals surface area (Å²) in [6.45, 7) is 2.81. The molecule has 0 bridgehead atoms. The number of nitrogens with zero attached hydrogens (tertiary/aromatic N) is 2. The maximum atomic E-state index is 13.1. The van der Waals surface area contributed by atoms with E-state index in [1.54, 1.807) is 23.8 Å². The van der Waals surface area contributed by atoms with E-state index in [9.17, 15) is 8.42 Å².